The molecule has 0 fully saturated rings. The van der Waals surface area contributed by atoms with Gasteiger partial charge in [-0.3, -0.25) is 9.78 Å². The Labute approximate surface area is 138 Å². The number of hydrogen-bond donors (Lipinski definition) is 1. The molecule has 122 valence electrons. The van der Waals surface area contributed by atoms with Crippen LogP contribution in [0, 0.1) is 6.92 Å². The molecule has 0 radical (unpaired) electrons. The number of hydrogen-bond acceptors (Lipinski definition) is 3. The van der Waals surface area contributed by atoms with Crippen molar-refractivity contribution < 1.29 is 4.79 Å². The SMILES string of the molecule is CCCCN(C)C(=O)c1cncc(NCc2ccccc2C)c1. The van der Waals surface area contributed by atoms with E-state index in [9.17, 15) is 4.79 Å². The van der Waals surface area contributed by atoms with E-state index in [1.165, 1.54) is 11.1 Å². The van der Waals surface area contributed by atoms with Gasteiger partial charge < -0.3 is 10.2 Å². The van der Waals surface area contributed by atoms with Gasteiger partial charge in [0.1, 0.15) is 0 Å². The maximum Gasteiger partial charge on any atom is 0.255 e. The van der Waals surface area contributed by atoms with Crippen LogP contribution in [0.15, 0.2) is 42.7 Å². The van der Waals surface area contributed by atoms with E-state index in [1.807, 2.05) is 25.2 Å². The van der Waals surface area contributed by atoms with E-state index in [1.54, 1.807) is 17.3 Å². The quantitative estimate of drug-likeness (QED) is 0.844. The predicted molar refractivity (Wildman–Crippen MR) is 94.6 cm³/mol. The van der Waals surface area contributed by atoms with Gasteiger partial charge in [0.2, 0.25) is 0 Å². The van der Waals surface area contributed by atoms with Crippen LogP contribution in [0.5, 0.6) is 0 Å². The molecule has 0 atom stereocenters. The second kappa shape index (κ2) is 8.32. The van der Waals surface area contributed by atoms with E-state index >= 15 is 0 Å². The summed E-state index contributed by atoms with van der Waals surface area (Å²) in [6.07, 6.45) is 5.47. The van der Waals surface area contributed by atoms with Crippen LogP contribution in [-0.4, -0.2) is 29.4 Å². The summed E-state index contributed by atoms with van der Waals surface area (Å²) in [7, 11) is 1.84. The molecule has 0 aliphatic rings. The Morgan fingerprint density at radius 1 is 1.26 bits per heavy atom. The summed E-state index contributed by atoms with van der Waals surface area (Å²) in [6.45, 7) is 5.71. The van der Waals surface area contributed by atoms with Gasteiger partial charge in [0.25, 0.3) is 5.91 Å². The Balaban J connectivity index is 2.02. The maximum absolute atomic E-state index is 12.4. The lowest BCUT2D eigenvalue weighted by Gasteiger charge is -2.17. The zero-order valence-corrected chi connectivity index (χ0v) is 14.2. The number of unbranched alkanes of at least 4 members (excludes halogenated alkanes) is 1. The fourth-order valence-corrected chi connectivity index (χ4v) is 2.38. The number of carbonyl (C=O) groups is 1. The van der Waals surface area contributed by atoms with Gasteiger partial charge in [0.15, 0.2) is 0 Å². The Morgan fingerprint density at radius 3 is 2.78 bits per heavy atom. The molecular formula is C19H25N3O. The standard InChI is InChI=1S/C19H25N3O/c1-4-5-10-22(3)19(23)17-11-18(14-20-12-17)21-13-16-9-7-6-8-15(16)2/h6-9,11-12,14,21H,4-5,10,13H2,1-3H3. The number of anilines is 1. The molecule has 1 aromatic heterocycles. The van der Waals surface area contributed by atoms with Crippen molar-refractivity contribution in [3.63, 3.8) is 0 Å². The van der Waals surface area contributed by atoms with Crippen LogP contribution in [0.4, 0.5) is 5.69 Å². The van der Waals surface area contributed by atoms with Crippen molar-refractivity contribution >= 4 is 11.6 Å². The molecule has 4 heteroatoms. The molecule has 2 rings (SSSR count). The van der Waals surface area contributed by atoms with Gasteiger partial charge in [-0.15, -0.1) is 0 Å². The lowest BCUT2D eigenvalue weighted by Crippen LogP contribution is -2.27. The normalized spacial score (nSPS) is 10.4. The van der Waals surface area contributed by atoms with Gasteiger partial charge in [0.05, 0.1) is 11.3 Å². The number of amides is 1. The van der Waals surface area contributed by atoms with Crippen LogP contribution in [-0.2, 0) is 6.54 Å². The molecule has 0 bridgehead atoms. The number of pyridine rings is 1. The Hall–Kier alpha value is -2.36. The summed E-state index contributed by atoms with van der Waals surface area (Å²) in [5, 5.41) is 3.35. The van der Waals surface area contributed by atoms with Gasteiger partial charge in [-0.1, -0.05) is 37.6 Å². The van der Waals surface area contributed by atoms with Crippen molar-refractivity contribution in [2.75, 3.05) is 18.9 Å². The number of aryl methyl sites for hydroxylation is 1. The number of nitrogens with zero attached hydrogens (tertiary/aromatic N) is 2. The van der Waals surface area contributed by atoms with Gasteiger partial charge in [0, 0.05) is 32.5 Å². The summed E-state index contributed by atoms with van der Waals surface area (Å²) in [5.41, 5.74) is 3.98. The Morgan fingerprint density at radius 2 is 2.04 bits per heavy atom. The molecule has 0 aliphatic heterocycles. The first-order chi connectivity index (χ1) is 11.1. The molecule has 4 nitrogen and oxygen atoms in total. The zero-order chi connectivity index (χ0) is 16.7. The summed E-state index contributed by atoms with van der Waals surface area (Å²) >= 11 is 0. The minimum Gasteiger partial charge on any atom is -0.380 e. The summed E-state index contributed by atoms with van der Waals surface area (Å²) < 4.78 is 0. The van der Waals surface area contributed by atoms with Gasteiger partial charge in [-0.05, 0) is 30.5 Å². The van der Waals surface area contributed by atoms with Gasteiger partial charge >= 0.3 is 0 Å². The average Bonchev–Trinajstić information content (AvgIpc) is 2.58. The third-order valence-electron chi connectivity index (χ3n) is 3.92. The van der Waals surface area contributed by atoms with E-state index in [-0.39, 0.29) is 5.91 Å². The third-order valence-corrected chi connectivity index (χ3v) is 3.92. The third kappa shape index (κ3) is 4.81. The number of aromatic nitrogens is 1. The van der Waals surface area contributed by atoms with Crippen LogP contribution < -0.4 is 5.32 Å². The molecule has 0 aliphatic carbocycles. The molecule has 1 N–H and O–H groups in total. The average molecular weight is 311 g/mol. The highest BCUT2D eigenvalue weighted by atomic mass is 16.2. The minimum absolute atomic E-state index is 0.0190. The molecule has 0 spiro atoms. The Bertz CT molecular complexity index is 655. The molecule has 0 unspecified atom stereocenters. The number of nitrogens with one attached hydrogen (secondary N) is 1. The second-order valence-electron chi connectivity index (χ2n) is 5.82. The second-order valence-corrected chi connectivity index (χ2v) is 5.82. The highest BCUT2D eigenvalue weighted by Gasteiger charge is 2.12. The number of benzene rings is 1. The van der Waals surface area contributed by atoms with E-state index in [0.717, 1.165) is 31.6 Å². The number of rotatable bonds is 7. The molecule has 0 saturated heterocycles. The fourth-order valence-electron chi connectivity index (χ4n) is 2.38. The predicted octanol–water partition coefficient (Wildman–Crippen LogP) is 3.87. The monoisotopic (exact) mass is 311 g/mol. The number of carbonyl (C=O) groups excluding carboxylic acids is 1. The lowest BCUT2D eigenvalue weighted by molar-refractivity contribution is 0.0793. The van der Waals surface area contributed by atoms with E-state index in [0.29, 0.717) is 5.56 Å². The molecular weight excluding hydrogens is 286 g/mol. The first kappa shape index (κ1) is 17.0. The van der Waals surface area contributed by atoms with E-state index < -0.39 is 0 Å². The summed E-state index contributed by atoms with van der Waals surface area (Å²) in [5.74, 6) is 0.0190. The zero-order valence-electron chi connectivity index (χ0n) is 14.2. The summed E-state index contributed by atoms with van der Waals surface area (Å²) in [4.78, 5) is 18.3. The van der Waals surface area contributed by atoms with Crippen molar-refractivity contribution in [2.24, 2.45) is 0 Å². The minimum atomic E-state index is 0.0190. The summed E-state index contributed by atoms with van der Waals surface area (Å²) in [6, 6.07) is 10.1. The van der Waals surface area contributed by atoms with Crippen molar-refractivity contribution in [2.45, 2.75) is 33.2 Å². The Kier molecular flexibility index (Phi) is 6.15. The smallest absolute Gasteiger partial charge is 0.255 e. The van der Waals surface area contributed by atoms with Crippen LogP contribution in [0.2, 0.25) is 0 Å². The topological polar surface area (TPSA) is 45.2 Å². The maximum atomic E-state index is 12.4. The first-order valence-corrected chi connectivity index (χ1v) is 8.10. The van der Waals surface area contributed by atoms with E-state index in [2.05, 4.69) is 36.3 Å². The largest absolute Gasteiger partial charge is 0.380 e. The van der Waals surface area contributed by atoms with Crippen LogP contribution in [0.1, 0.15) is 41.3 Å². The molecule has 23 heavy (non-hydrogen) atoms. The highest BCUT2D eigenvalue weighted by molar-refractivity contribution is 5.94. The fraction of sp³-hybridized carbons (Fsp3) is 0.368. The highest BCUT2D eigenvalue weighted by Crippen LogP contribution is 2.14. The van der Waals surface area contributed by atoms with Crippen molar-refractivity contribution in [3.05, 3.63) is 59.4 Å². The van der Waals surface area contributed by atoms with Crippen molar-refractivity contribution in [3.8, 4) is 0 Å². The van der Waals surface area contributed by atoms with Crippen molar-refractivity contribution in [1.82, 2.24) is 9.88 Å². The molecule has 0 saturated carbocycles. The molecule has 1 heterocycles. The van der Waals surface area contributed by atoms with Crippen LogP contribution in [0.25, 0.3) is 0 Å². The first-order valence-electron chi connectivity index (χ1n) is 8.10. The van der Waals surface area contributed by atoms with Gasteiger partial charge in [-0.25, -0.2) is 0 Å². The molecule has 1 amide bonds. The lowest BCUT2D eigenvalue weighted by atomic mass is 10.1. The van der Waals surface area contributed by atoms with Crippen LogP contribution >= 0.6 is 0 Å². The molecule has 2 aromatic rings. The van der Waals surface area contributed by atoms with Gasteiger partial charge in [-0.2, -0.15) is 0 Å². The van der Waals surface area contributed by atoms with Crippen molar-refractivity contribution in [1.29, 1.82) is 0 Å². The van der Waals surface area contributed by atoms with Crippen LogP contribution in [0.3, 0.4) is 0 Å². The van der Waals surface area contributed by atoms with E-state index in [4.69, 9.17) is 0 Å². The molecule has 1 aromatic carbocycles.